The predicted octanol–water partition coefficient (Wildman–Crippen LogP) is 5.13. The van der Waals surface area contributed by atoms with Gasteiger partial charge in [0.05, 0.1) is 0 Å². The van der Waals surface area contributed by atoms with Gasteiger partial charge < -0.3 is 5.32 Å². The summed E-state index contributed by atoms with van der Waals surface area (Å²) in [4.78, 5) is 0. The van der Waals surface area contributed by atoms with Crippen LogP contribution in [0.5, 0.6) is 0 Å². The molecule has 0 bridgehead atoms. The number of hydrogen-bond acceptors (Lipinski definition) is 1. The normalized spacial score (nSPS) is 14.3. The first kappa shape index (κ1) is 16.2. The lowest BCUT2D eigenvalue weighted by Crippen LogP contribution is -2.30. The highest BCUT2D eigenvalue weighted by Crippen LogP contribution is 2.18. The van der Waals surface area contributed by atoms with Crippen molar-refractivity contribution < 1.29 is 0 Å². The summed E-state index contributed by atoms with van der Waals surface area (Å²) in [6, 6.07) is 11.6. The number of nitrogens with one attached hydrogen (secondary N) is 1. The minimum absolute atomic E-state index is 0.655. The van der Waals surface area contributed by atoms with Crippen molar-refractivity contribution in [3.63, 3.8) is 0 Å². The summed E-state index contributed by atoms with van der Waals surface area (Å²) in [6.45, 7) is 8.04. The summed E-state index contributed by atoms with van der Waals surface area (Å²) < 4.78 is 0. The average molecular weight is 261 g/mol. The molecule has 1 aromatic carbocycles. The third kappa shape index (κ3) is 6.77. The SMILES string of the molecule is CCCCC(CCC)NCCC(C)c1ccccc1. The lowest BCUT2D eigenvalue weighted by molar-refractivity contribution is 0.425. The predicted molar refractivity (Wildman–Crippen MR) is 85.7 cm³/mol. The van der Waals surface area contributed by atoms with Crippen molar-refractivity contribution in [2.45, 2.75) is 71.3 Å². The Bertz CT molecular complexity index is 307. The van der Waals surface area contributed by atoms with Gasteiger partial charge in [-0.05, 0) is 37.3 Å². The molecule has 1 rings (SSSR count). The molecule has 1 heteroatoms. The molecule has 0 aromatic heterocycles. The highest BCUT2D eigenvalue weighted by molar-refractivity contribution is 5.18. The Morgan fingerprint density at radius 2 is 1.68 bits per heavy atom. The van der Waals surface area contributed by atoms with Gasteiger partial charge in [0.15, 0.2) is 0 Å². The maximum Gasteiger partial charge on any atom is 0.00669 e. The van der Waals surface area contributed by atoms with Gasteiger partial charge in [0.25, 0.3) is 0 Å². The van der Waals surface area contributed by atoms with Crippen LogP contribution in [0.2, 0.25) is 0 Å². The molecule has 1 aromatic rings. The zero-order valence-corrected chi connectivity index (χ0v) is 13.0. The average Bonchev–Trinajstić information content (AvgIpc) is 2.45. The van der Waals surface area contributed by atoms with Gasteiger partial charge >= 0.3 is 0 Å². The molecule has 0 saturated heterocycles. The first-order valence-electron chi connectivity index (χ1n) is 8.06. The van der Waals surface area contributed by atoms with Crippen LogP contribution in [0.15, 0.2) is 30.3 Å². The fourth-order valence-corrected chi connectivity index (χ4v) is 2.60. The van der Waals surface area contributed by atoms with Crippen molar-refractivity contribution in [2.24, 2.45) is 0 Å². The van der Waals surface area contributed by atoms with Crippen molar-refractivity contribution in [1.29, 1.82) is 0 Å². The lowest BCUT2D eigenvalue weighted by Gasteiger charge is -2.19. The zero-order chi connectivity index (χ0) is 13.9. The summed E-state index contributed by atoms with van der Waals surface area (Å²) in [5, 5.41) is 3.76. The summed E-state index contributed by atoms with van der Waals surface area (Å²) in [5.41, 5.74) is 1.46. The Balaban J connectivity index is 2.27. The molecule has 1 nitrogen and oxygen atoms in total. The lowest BCUT2D eigenvalue weighted by atomic mass is 9.97. The molecular weight excluding hydrogens is 230 g/mol. The molecule has 19 heavy (non-hydrogen) atoms. The Hall–Kier alpha value is -0.820. The van der Waals surface area contributed by atoms with Gasteiger partial charge in [-0.15, -0.1) is 0 Å². The second kappa shape index (κ2) is 10.0. The number of rotatable bonds is 10. The Morgan fingerprint density at radius 3 is 2.32 bits per heavy atom. The van der Waals surface area contributed by atoms with E-state index < -0.39 is 0 Å². The van der Waals surface area contributed by atoms with Crippen LogP contribution in [0.4, 0.5) is 0 Å². The Morgan fingerprint density at radius 1 is 0.947 bits per heavy atom. The van der Waals surface area contributed by atoms with E-state index in [9.17, 15) is 0 Å². The van der Waals surface area contributed by atoms with Crippen molar-refractivity contribution >= 4 is 0 Å². The van der Waals surface area contributed by atoms with Crippen molar-refractivity contribution in [3.8, 4) is 0 Å². The van der Waals surface area contributed by atoms with E-state index in [2.05, 4.69) is 56.4 Å². The summed E-state index contributed by atoms with van der Waals surface area (Å²) in [7, 11) is 0. The molecule has 0 heterocycles. The molecule has 0 aliphatic heterocycles. The maximum atomic E-state index is 3.76. The van der Waals surface area contributed by atoms with Crippen LogP contribution in [0.3, 0.4) is 0 Å². The Labute approximate surface area is 119 Å². The molecule has 1 N–H and O–H groups in total. The van der Waals surface area contributed by atoms with E-state index >= 15 is 0 Å². The van der Waals surface area contributed by atoms with Gasteiger partial charge in [0, 0.05) is 6.04 Å². The van der Waals surface area contributed by atoms with E-state index in [1.807, 2.05) is 0 Å². The fraction of sp³-hybridized carbons (Fsp3) is 0.667. The maximum absolute atomic E-state index is 3.76. The first-order valence-corrected chi connectivity index (χ1v) is 8.06. The zero-order valence-electron chi connectivity index (χ0n) is 13.0. The van der Waals surface area contributed by atoms with Crippen LogP contribution >= 0.6 is 0 Å². The Kier molecular flexibility index (Phi) is 8.57. The summed E-state index contributed by atoms with van der Waals surface area (Å²) in [6.07, 6.45) is 7.84. The quantitative estimate of drug-likeness (QED) is 0.615. The monoisotopic (exact) mass is 261 g/mol. The van der Waals surface area contributed by atoms with Gasteiger partial charge in [-0.25, -0.2) is 0 Å². The molecule has 0 amide bonds. The van der Waals surface area contributed by atoms with Crippen LogP contribution in [0, 0.1) is 0 Å². The van der Waals surface area contributed by atoms with Crippen LogP contribution in [-0.4, -0.2) is 12.6 Å². The van der Waals surface area contributed by atoms with Gasteiger partial charge in [0.1, 0.15) is 0 Å². The number of unbranched alkanes of at least 4 members (excludes halogenated alkanes) is 1. The summed E-state index contributed by atoms with van der Waals surface area (Å²) >= 11 is 0. The molecule has 0 saturated carbocycles. The third-order valence-electron chi connectivity index (χ3n) is 3.92. The minimum Gasteiger partial charge on any atom is -0.314 e. The van der Waals surface area contributed by atoms with E-state index in [4.69, 9.17) is 0 Å². The molecule has 0 fully saturated rings. The van der Waals surface area contributed by atoms with Crippen LogP contribution in [0.1, 0.15) is 70.8 Å². The highest BCUT2D eigenvalue weighted by atomic mass is 14.9. The molecule has 2 unspecified atom stereocenters. The van der Waals surface area contributed by atoms with E-state index in [0.29, 0.717) is 5.92 Å². The van der Waals surface area contributed by atoms with Crippen LogP contribution < -0.4 is 5.32 Å². The molecular formula is C18H31N. The molecule has 108 valence electrons. The molecule has 2 atom stereocenters. The van der Waals surface area contributed by atoms with Crippen LogP contribution in [0.25, 0.3) is 0 Å². The largest absolute Gasteiger partial charge is 0.314 e. The smallest absolute Gasteiger partial charge is 0.00669 e. The second-order valence-electron chi connectivity index (χ2n) is 5.68. The minimum atomic E-state index is 0.655. The summed E-state index contributed by atoms with van der Waals surface area (Å²) in [5.74, 6) is 0.655. The molecule has 0 spiro atoms. The van der Waals surface area contributed by atoms with E-state index in [-0.39, 0.29) is 0 Å². The second-order valence-corrected chi connectivity index (χ2v) is 5.68. The molecule has 0 aliphatic carbocycles. The van der Waals surface area contributed by atoms with Crippen LogP contribution in [-0.2, 0) is 0 Å². The van der Waals surface area contributed by atoms with Crippen molar-refractivity contribution in [3.05, 3.63) is 35.9 Å². The van der Waals surface area contributed by atoms with E-state index in [1.54, 1.807) is 0 Å². The van der Waals surface area contributed by atoms with Crippen molar-refractivity contribution in [2.75, 3.05) is 6.54 Å². The number of benzene rings is 1. The molecule has 0 aliphatic rings. The molecule has 0 radical (unpaired) electrons. The van der Waals surface area contributed by atoms with Gasteiger partial charge in [-0.1, -0.05) is 70.4 Å². The first-order chi connectivity index (χ1) is 9.27. The van der Waals surface area contributed by atoms with Gasteiger partial charge in [-0.2, -0.15) is 0 Å². The standard InChI is InChI=1S/C18H31N/c1-4-6-13-18(10-5-2)19-15-14-16(3)17-11-8-7-9-12-17/h7-9,11-12,16,18-19H,4-6,10,13-15H2,1-3H3. The van der Waals surface area contributed by atoms with E-state index in [0.717, 1.165) is 12.6 Å². The fourth-order valence-electron chi connectivity index (χ4n) is 2.60. The topological polar surface area (TPSA) is 12.0 Å². The highest BCUT2D eigenvalue weighted by Gasteiger charge is 2.08. The third-order valence-corrected chi connectivity index (χ3v) is 3.92. The van der Waals surface area contributed by atoms with Gasteiger partial charge in [-0.3, -0.25) is 0 Å². The van der Waals surface area contributed by atoms with E-state index in [1.165, 1.54) is 44.1 Å². The number of hydrogen-bond donors (Lipinski definition) is 1. The van der Waals surface area contributed by atoms with Crippen molar-refractivity contribution in [1.82, 2.24) is 5.32 Å². The van der Waals surface area contributed by atoms with Gasteiger partial charge in [0.2, 0.25) is 0 Å².